The van der Waals surface area contributed by atoms with Crippen molar-refractivity contribution < 1.29 is 14.3 Å². The highest BCUT2D eigenvalue weighted by molar-refractivity contribution is 7.98. The van der Waals surface area contributed by atoms with E-state index in [4.69, 9.17) is 9.47 Å². The van der Waals surface area contributed by atoms with Crippen LogP contribution in [0, 0.1) is 0 Å². The molecule has 0 saturated heterocycles. The van der Waals surface area contributed by atoms with Gasteiger partial charge in [-0.1, -0.05) is 12.1 Å². The van der Waals surface area contributed by atoms with Crippen LogP contribution < -0.4 is 14.8 Å². The third kappa shape index (κ3) is 4.18. The molecular weight excluding hydrogens is 298 g/mol. The van der Waals surface area contributed by atoms with E-state index in [1.807, 2.05) is 30.5 Å². The number of hydrogen-bond donors (Lipinski definition) is 1. The monoisotopic (exact) mass is 317 g/mol. The summed E-state index contributed by atoms with van der Waals surface area (Å²) in [5.74, 6) is 1.18. The molecule has 2 aromatic rings. The molecule has 0 aliphatic carbocycles. The van der Waals surface area contributed by atoms with Crippen LogP contribution in [-0.2, 0) is 11.2 Å². The van der Waals surface area contributed by atoms with Crippen molar-refractivity contribution >= 4 is 23.4 Å². The summed E-state index contributed by atoms with van der Waals surface area (Å²) in [6.07, 6.45) is 2.34. The highest BCUT2D eigenvalue weighted by atomic mass is 32.2. The third-order valence-electron chi connectivity index (χ3n) is 3.20. The predicted octanol–water partition coefficient (Wildman–Crippen LogP) is 3.61. The topological polar surface area (TPSA) is 47.6 Å². The number of rotatable bonds is 6. The highest BCUT2D eigenvalue weighted by Gasteiger charge is 2.10. The molecule has 0 radical (unpaired) electrons. The van der Waals surface area contributed by atoms with Crippen LogP contribution in [0.25, 0.3) is 0 Å². The zero-order valence-electron chi connectivity index (χ0n) is 12.9. The first-order valence-electron chi connectivity index (χ1n) is 6.81. The molecule has 0 spiro atoms. The lowest BCUT2D eigenvalue weighted by Gasteiger charge is -2.12. The van der Waals surface area contributed by atoms with Crippen LogP contribution >= 0.6 is 11.8 Å². The zero-order valence-corrected chi connectivity index (χ0v) is 13.7. The van der Waals surface area contributed by atoms with Gasteiger partial charge in [-0.25, -0.2) is 0 Å². The molecule has 0 saturated carbocycles. The molecule has 1 N–H and O–H groups in total. The minimum atomic E-state index is -0.0940. The maximum Gasteiger partial charge on any atom is 0.228 e. The van der Waals surface area contributed by atoms with E-state index in [0.29, 0.717) is 23.6 Å². The molecule has 116 valence electrons. The smallest absolute Gasteiger partial charge is 0.228 e. The number of methoxy groups -OCH3 is 2. The van der Waals surface area contributed by atoms with Gasteiger partial charge in [0, 0.05) is 11.0 Å². The fourth-order valence-electron chi connectivity index (χ4n) is 2.03. The molecule has 2 rings (SSSR count). The number of ether oxygens (including phenoxy) is 2. The first kappa shape index (κ1) is 16.2. The number of carbonyl (C=O) groups is 1. The summed E-state index contributed by atoms with van der Waals surface area (Å²) >= 11 is 1.68. The Balaban J connectivity index is 2.07. The number of thioether (sulfide) groups is 1. The van der Waals surface area contributed by atoms with E-state index < -0.39 is 0 Å². The summed E-state index contributed by atoms with van der Waals surface area (Å²) < 4.78 is 10.4. The summed E-state index contributed by atoms with van der Waals surface area (Å²) in [4.78, 5) is 13.4. The lowest BCUT2D eigenvalue weighted by molar-refractivity contribution is -0.115. The van der Waals surface area contributed by atoms with Crippen molar-refractivity contribution in [3.63, 3.8) is 0 Å². The Morgan fingerprint density at radius 2 is 1.82 bits per heavy atom. The number of hydrogen-bond acceptors (Lipinski definition) is 4. The number of carbonyl (C=O) groups excluding carboxylic acids is 1. The predicted molar refractivity (Wildman–Crippen MR) is 90.1 cm³/mol. The van der Waals surface area contributed by atoms with Crippen LogP contribution in [-0.4, -0.2) is 26.4 Å². The molecule has 4 nitrogen and oxygen atoms in total. The van der Waals surface area contributed by atoms with E-state index in [9.17, 15) is 4.79 Å². The minimum absolute atomic E-state index is 0.0940. The Kier molecular flexibility index (Phi) is 5.72. The standard InChI is InChI=1S/C17H19NO3S/c1-20-13-6-9-16(21-2)15(11-13)18-17(19)10-12-4-7-14(22-3)8-5-12/h4-9,11H,10H2,1-3H3,(H,18,19). The maximum absolute atomic E-state index is 12.2. The molecular formula is C17H19NO3S. The first-order chi connectivity index (χ1) is 10.7. The van der Waals surface area contributed by atoms with Crippen molar-refractivity contribution in [1.82, 2.24) is 0 Å². The van der Waals surface area contributed by atoms with Gasteiger partial charge in [-0.2, -0.15) is 0 Å². The Morgan fingerprint density at radius 1 is 1.09 bits per heavy atom. The van der Waals surface area contributed by atoms with E-state index in [2.05, 4.69) is 5.32 Å². The van der Waals surface area contributed by atoms with Gasteiger partial charge >= 0.3 is 0 Å². The lowest BCUT2D eigenvalue weighted by Crippen LogP contribution is -2.15. The van der Waals surface area contributed by atoms with Crippen molar-refractivity contribution in [3.05, 3.63) is 48.0 Å². The van der Waals surface area contributed by atoms with Crippen LogP contribution in [0.4, 0.5) is 5.69 Å². The molecule has 0 aromatic heterocycles. The second-order valence-electron chi connectivity index (χ2n) is 4.64. The second kappa shape index (κ2) is 7.75. The molecule has 0 fully saturated rings. The molecule has 5 heteroatoms. The Bertz CT molecular complexity index is 641. The summed E-state index contributed by atoms with van der Waals surface area (Å²) in [6, 6.07) is 13.3. The van der Waals surface area contributed by atoms with Crippen LogP contribution in [0.2, 0.25) is 0 Å². The molecule has 0 bridgehead atoms. The van der Waals surface area contributed by atoms with E-state index >= 15 is 0 Å². The largest absolute Gasteiger partial charge is 0.497 e. The van der Waals surface area contributed by atoms with Crippen molar-refractivity contribution in [2.45, 2.75) is 11.3 Å². The average Bonchev–Trinajstić information content (AvgIpc) is 2.55. The normalized spacial score (nSPS) is 10.1. The summed E-state index contributed by atoms with van der Waals surface area (Å²) in [6.45, 7) is 0. The Hall–Kier alpha value is -2.14. The van der Waals surface area contributed by atoms with Gasteiger partial charge in [0.15, 0.2) is 0 Å². The quantitative estimate of drug-likeness (QED) is 0.827. The summed E-state index contributed by atoms with van der Waals surface area (Å²) in [5, 5.41) is 2.86. The van der Waals surface area contributed by atoms with Gasteiger partial charge in [0.25, 0.3) is 0 Å². The molecule has 0 aliphatic heterocycles. The van der Waals surface area contributed by atoms with Gasteiger partial charge in [-0.05, 0) is 36.1 Å². The van der Waals surface area contributed by atoms with E-state index in [1.165, 1.54) is 4.90 Å². The van der Waals surface area contributed by atoms with Crippen molar-refractivity contribution in [2.75, 3.05) is 25.8 Å². The second-order valence-corrected chi connectivity index (χ2v) is 5.52. The molecule has 0 atom stereocenters. The highest BCUT2D eigenvalue weighted by Crippen LogP contribution is 2.29. The number of anilines is 1. The molecule has 1 amide bonds. The summed E-state index contributed by atoms with van der Waals surface area (Å²) in [5.41, 5.74) is 1.57. The lowest BCUT2D eigenvalue weighted by atomic mass is 10.1. The van der Waals surface area contributed by atoms with Gasteiger partial charge < -0.3 is 14.8 Å². The Labute approximate surface area is 134 Å². The van der Waals surface area contributed by atoms with Crippen LogP contribution in [0.3, 0.4) is 0 Å². The van der Waals surface area contributed by atoms with Crippen LogP contribution in [0.15, 0.2) is 47.4 Å². The fourth-order valence-corrected chi connectivity index (χ4v) is 2.44. The molecule has 0 aliphatic rings. The number of nitrogens with one attached hydrogen (secondary N) is 1. The maximum atomic E-state index is 12.2. The van der Waals surface area contributed by atoms with E-state index in [0.717, 1.165) is 5.56 Å². The third-order valence-corrected chi connectivity index (χ3v) is 3.95. The molecule has 2 aromatic carbocycles. The number of benzene rings is 2. The van der Waals surface area contributed by atoms with E-state index in [-0.39, 0.29) is 5.91 Å². The van der Waals surface area contributed by atoms with E-state index in [1.54, 1.807) is 44.2 Å². The van der Waals surface area contributed by atoms with Gasteiger partial charge in [-0.15, -0.1) is 11.8 Å². The zero-order chi connectivity index (χ0) is 15.9. The fraction of sp³-hybridized carbons (Fsp3) is 0.235. The van der Waals surface area contributed by atoms with Gasteiger partial charge in [-0.3, -0.25) is 4.79 Å². The number of amides is 1. The molecule has 0 heterocycles. The molecule has 0 unspecified atom stereocenters. The van der Waals surface area contributed by atoms with Crippen molar-refractivity contribution in [2.24, 2.45) is 0 Å². The van der Waals surface area contributed by atoms with Crippen LogP contribution in [0.1, 0.15) is 5.56 Å². The Morgan fingerprint density at radius 3 is 2.41 bits per heavy atom. The van der Waals surface area contributed by atoms with Gasteiger partial charge in [0.2, 0.25) is 5.91 Å². The van der Waals surface area contributed by atoms with Crippen molar-refractivity contribution in [3.8, 4) is 11.5 Å². The minimum Gasteiger partial charge on any atom is -0.497 e. The first-order valence-corrected chi connectivity index (χ1v) is 8.03. The SMILES string of the molecule is COc1ccc(OC)c(NC(=O)Cc2ccc(SC)cc2)c1. The van der Waals surface area contributed by atoms with Gasteiger partial charge in [0.05, 0.1) is 26.3 Å². The average molecular weight is 317 g/mol. The van der Waals surface area contributed by atoms with Crippen molar-refractivity contribution in [1.29, 1.82) is 0 Å². The summed E-state index contributed by atoms with van der Waals surface area (Å²) in [7, 11) is 3.15. The van der Waals surface area contributed by atoms with Crippen LogP contribution in [0.5, 0.6) is 11.5 Å². The molecule has 22 heavy (non-hydrogen) atoms. The van der Waals surface area contributed by atoms with Gasteiger partial charge in [0.1, 0.15) is 11.5 Å².